The molecule has 2 unspecified atom stereocenters. The van der Waals surface area contributed by atoms with Crippen molar-refractivity contribution in [3.05, 3.63) is 16.2 Å². The van der Waals surface area contributed by atoms with Crippen LogP contribution in [0.5, 0.6) is 0 Å². The number of amides is 2. The number of imide groups is 1. The smallest absolute Gasteiger partial charge is 0.264 e. The third-order valence-electron chi connectivity index (χ3n) is 5.30. The number of hydrogen-bond acceptors (Lipinski definition) is 5. The first-order chi connectivity index (χ1) is 11.6. The molecule has 0 bridgehead atoms. The molecule has 0 saturated carbocycles. The molecule has 1 aromatic carbocycles. The van der Waals surface area contributed by atoms with Crippen LogP contribution in [0, 0.1) is 6.92 Å². The fraction of sp³-hybridized carbons (Fsp3) is 0.286. The number of fused-ring (bicyclic) bond motifs is 1. The van der Waals surface area contributed by atoms with Crippen molar-refractivity contribution in [1.29, 1.82) is 0 Å². The van der Waals surface area contributed by atoms with Crippen molar-refractivity contribution < 1.29 is 9.59 Å². The van der Waals surface area contributed by atoms with Gasteiger partial charge in [-0.15, -0.1) is 0 Å². The molecular formula is C14H18B4N4O3. The number of carbonyl (C=O) groups is 2. The molecule has 0 spiro atoms. The molecule has 1 aliphatic heterocycles. The summed E-state index contributed by atoms with van der Waals surface area (Å²) in [6.07, 6.45) is 0.182. The van der Waals surface area contributed by atoms with Crippen molar-refractivity contribution in [1.82, 2.24) is 14.9 Å². The lowest BCUT2D eigenvalue weighted by molar-refractivity contribution is -0.135. The lowest BCUT2D eigenvalue weighted by Crippen LogP contribution is -2.49. The molecule has 25 heavy (non-hydrogen) atoms. The number of nitrogens with one attached hydrogen (secondary N) is 1. The molecule has 2 heterocycles. The third-order valence-corrected chi connectivity index (χ3v) is 5.30. The second-order valence-electron chi connectivity index (χ2n) is 6.89. The second-order valence-corrected chi connectivity index (χ2v) is 6.89. The van der Waals surface area contributed by atoms with E-state index < -0.39 is 11.9 Å². The van der Waals surface area contributed by atoms with E-state index in [9.17, 15) is 14.4 Å². The van der Waals surface area contributed by atoms with Crippen molar-refractivity contribution in [3.8, 4) is 0 Å². The molecule has 2 atom stereocenters. The number of aromatic nitrogens is 2. The monoisotopic (exact) mass is 334 g/mol. The van der Waals surface area contributed by atoms with Gasteiger partial charge in [-0.05, 0) is 12.7 Å². The van der Waals surface area contributed by atoms with E-state index in [1.54, 1.807) is 14.8 Å². The topological polar surface area (TPSA) is 107 Å². The maximum atomic E-state index is 13.2. The summed E-state index contributed by atoms with van der Waals surface area (Å²) in [5.41, 5.74) is 9.60. The molecule has 11 heteroatoms. The molecule has 124 valence electrons. The van der Waals surface area contributed by atoms with Gasteiger partial charge in [0.2, 0.25) is 11.8 Å². The molecule has 1 saturated heterocycles. The van der Waals surface area contributed by atoms with E-state index in [-0.39, 0.29) is 23.7 Å². The van der Waals surface area contributed by atoms with Gasteiger partial charge in [0.1, 0.15) is 43.3 Å². The number of hydrogen-bond donors (Lipinski definition) is 2. The van der Waals surface area contributed by atoms with Crippen LogP contribution < -0.4 is 33.0 Å². The molecule has 1 aliphatic rings. The van der Waals surface area contributed by atoms with Crippen molar-refractivity contribution in [2.75, 3.05) is 5.73 Å². The van der Waals surface area contributed by atoms with E-state index in [0.717, 1.165) is 16.4 Å². The fourth-order valence-electron chi connectivity index (χ4n) is 3.63. The van der Waals surface area contributed by atoms with Crippen molar-refractivity contribution >= 4 is 76.2 Å². The third kappa shape index (κ3) is 2.49. The Kier molecular flexibility index (Phi) is 4.05. The number of rotatable bonds is 1. The van der Waals surface area contributed by atoms with Crippen molar-refractivity contribution in [3.63, 3.8) is 0 Å². The largest absolute Gasteiger partial charge is 0.398 e. The Morgan fingerprint density at radius 3 is 2.40 bits per heavy atom. The van der Waals surface area contributed by atoms with Crippen LogP contribution in [0.3, 0.4) is 0 Å². The van der Waals surface area contributed by atoms with Crippen LogP contribution in [0.2, 0.25) is 5.82 Å². The fourth-order valence-corrected chi connectivity index (χ4v) is 3.63. The molecule has 2 aromatic rings. The van der Waals surface area contributed by atoms with E-state index in [4.69, 9.17) is 5.73 Å². The zero-order valence-electron chi connectivity index (χ0n) is 15.1. The molecule has 2 amide bonds. The quantitative estimate of drug-likeness (QED) is 0.307. The maximum Gasteiger partial charge on any atom is 0.264 e. The number of nitrogen functional groups attached to an aromatic ring is 1. The maximum absolute atomic E-state index is 13.2. The molecule has 3 rings (SSSR count). The van der Waals surface area contributed by atoms with Crippen LogP contribution in [0.25, 0.3) is 10.9 Å². The summed E-state index contributed by atoms with van der Waals surface area (Å²) in [5, 5.41) is 2.65. The number of aryl methyl sites for hydroxylation is 1. The van der Waals surface area contributed by atoms with Crippen LogP contribution in [-0.2, 0) is 9.59 Å². The summed E-state index contributed by atoms with van der Waals surface area (Å²) in [6, 6.07) is -0.775. The summed E-state index contributed by atoms with van der Waals surface area (Å²) in [4.78, 5) is 41.8. The highest BCUT2D eigenvalue weighted by Crippen LogP contribution is 2.28. The Labute approximate surface area is 148 Å². The van der Waals surface area contributed by atoms with Gasteiger partial charge in [-0.25, -0.2) is 4.98 Å². The van der Waals surface area contributed by atoms with Gasteiger partial charge in [0.15, 0.2) is 0 Å². The number of carbonyl (C=O) groups excluding carboxylic acids is 2. The lowest BCUT2D eigenvalue weighted by Gasteiger charge is -2.30. The first kappa shape index (κ1) is 17.4. The molecule has 0 aliphatic carbocycles. The number of anilines is 1. The highest BCUT2D eigenvalue weighted by atomic mass is 16.2. The number of benzene rings is 1. The Balaban J connectivity index is 2.37. The minimum atomic E-state index is -0.775. The Morgan fingerprint density at radius 1 is 1.16 bits per heavy atom. The molecule has 1 aromatic heterocycles. The predicted octanol–water partition coefficient (Wildman–Crippen LogP) is -5.93. The van der Waals surface area contributed by atoms with Crippen LogP contribution in [0.1, 0.15) is 18.3 Å². The van der Waals surface area contributed by atoms with E-state index in [0.29, 0.717) is 22.4 Å². The number of nitrogens with two attached hydrogens (primary N) is 1. The standard InChI is InChI=1S/C14H18B4N4O3/c1-3-20-11-6(10(19)8(17)7(16)9(11)18)14(25)22(3)12-4(15)2-5(23)21-13(12)24/h4,12H,2,15-19H2,1H3,(H,21,23,24). The molecule has 1 fully saturated rings. The second kappa shape index (κ2) is 5.82. The minimum absolute atomic E-state index is 0.182. The van der Waals surface area contributed by atoms with Crippen LogP contribution >= 0.6 is 0 Å². The van der Waals surface area contributed by atoms with Crippen LogP contribution in [0.15, 0.2) is 4.79 Å². The Hall–Kier alpha value is -2.44. The summed E-state index contributed by atoms with van der Waals surface area (Å²) < 4.78 is 1.37. The summed E-state index contributed by atoms with van der Waals surface area (Å²) in [7, 11) is 7.52. The van der Waals surface area contributed by atoms with Gasteiger partial charge in [0.25, 0.3) is 5.56 Å². The van der Waals surface area contributed by atoms with Gasteiger partial charge in [0.05, 0.1) is 10.9 Å². The minimum Gasteiger partial charge on any atom is -0.398 e. The molecular weight excluding hydrogens is 315 g/mol. The van der Waals surface area contributed by atoms with E-state index in [1.165, 1.54) is 4.57 Å². The van der Waals surface area contributed by atoms with Gasteiger partial charge >= 0.3 is 0 Å². The molecule has 0 radical (unpaired) electrons. The average Bonchev–Trinajstić information content (AvgIpc) is 2.52. The molecule has 7 nitrogen and oxygen atoms in total. The number of piperidine rings is 1. The van der Waals surface area contributed by atoms with Crippen LogP contribution in [0.4, 0.5) is 5.69 Å². The van der Waals surface area contributed by atoms with Crippen LogP contribution in [-0.4, -0.2) is 52.8 Å². The zero-order chi connectivity index (χ0) is 18.6. The predicted molar refractivity (Wildman–Crippen MR) is 109 cm³/mol. The van der Waals surface area contributed by atoms with Gasteiger partial charge < -0.3 is 5.73 Å². The zero-order valence-corrected chi connectivity index (χ0v) is 15.1. The first-order valence-corrected chi connectivity index (χ1v) is 8.26. The van der Waals surface area contributed by atoms with Gasteiger partial charge in [-0.2, -0.15) is 0 Å². The van der Waals surface area contributed by atoms with E-state index >= 15 is 0 Å². The Morgan fingerprint density at radius 2 is 1.80 bits per heavy atom. The van der Waals surface area contributed by atoms with Crippen molar-refractivity contribution in [2.24, 2.45) is 0 Å². The summed E-state index contributed by atoms with van der Waals surface area (Å²) >= 11 is 0. The normalized spacial score (nSPS) is 20.7. The molecule has 3 N–H and O–H groups in total. The van der Waals surface area contributed by atoms with Gasteiger partial charge in [-0.3, -0.25) is 24.3 Å². The highest BCUT2D eigenvalue weighted by molar-refractivity contribution is 6.61. The summed E-state index contributed by atoms with van der Waals surface area (Å²) in [6.45, 7) is 1.70. The highest BCUT2D eigenvalue weighted by Gasteiger charge is 2.36. The van der Waals surface area contributed by atoms with E-state index in [1.807, 2.05) is 23.5 Å². The average molecular weight is 334 g/mol. The SMILES string of the molecule is Bc1c(B)c(N)c2c(=O)n(C3C(=O)NC(=O)CC3B)c(C)nc2c1B. The van der Waals surface area contributed by atoms with E-state index in [2.05, 4.69) is 10.3 Å². The van der Waals surface area contributed by atoms with Crippen molar-refractivity contribution in [2.45, 2.75) is 25.2 Å². The lowest BCUT2D eigenvalue weighted by atomic mass is 9.70. The summed E-state index contributed by atoms with van der Waals surface area (Å²) in [5.74, 6) is -0.667. The van der Waals surface area contributed by atoms with Gasteiger partial charge in [0, 0.05) is 12.1 Å². The first-order valence-electron chi connectivity index (χ1n) is 8.26. The Bertz CT molecular complexity index is 1000. The van der Waals surface area contributed by atoms with Gasteiger partial charge in [-0.1, -0.05) is 16.4 Å². The number of nitrogens with zero attached hydrogens (tertiary/aromatic N) is 2.